The highest BCUT2D eigenvalue weighted by molar-refractivity contribution is 5.79. The van der Waals surface area contributed by atoms with E-state index in [4.69, 9.17) is 5.26 Å². The monoisotopic (exact) mass is 262 g/mol. The summed E-state index contributed by atoms with van der Waals surface area (Å²) in [5.41, 5.74) is 0.907. The molecule has 0 bridgehead atoms. The molecule has 0 saturated heterocycles. The Bertz CT molecular complexity index is 477. The van der Waals surface area contributed by atoms with E-state index in [1.165, 1.54) is 12.1 Å². The van der Waals surface area contributed by atoms with Gasteiger partial charge in [-0.05, 0) is 24.6 Å². The highest BCUT2D eigenvalue weighted by atomic mass is 19.1. The third kappa shape index (κ3) is 4.96. The predicted octanol–water partition coefficient (Wildman–Crippen LogP) is 2.16. The maximum absolute atomic E-state index is 13.6. The van der Waals surface area contributed by atoms with Gasteiger partial charge in [0.2, 0.25) is 0 Å². The molecule has 0 spiro atoms. The van der Waals surface area contributed by atoms with Crippen LogP contribution in [0.2, 0.25) is 0 Å². The second-order valence-electron chi connectivity index (χ2n) is 4.12. The Morgan fingerprint density at radius 1 is 1.42 bits per heavy atom. The molecule has 4 nitrogen and oxygen atoms in total. The van der Waals surface area contributed by atoms with Crippen LogP contribution in [0.3, 0.4) is 0 Å². The van der Waals surface area contributed by atoms with Crippen LogP contribution in [0.5, 0.6) is 0 Å². The summed E-state index contributed by atoms with van der Waals surface area (Å²) in [6, 6.07) is 6.31. The lowest BCUT2D eigenvalue weighted by Gasteiger charge is -2.12. The quantitative estimate of drug-likeness (QED) is 0.485. The zero-order valence-electron chi connectivity index (χ0n) is 11.3. The summed E-state index contributed by atoms with van der Waals surface area (Å²) >= 11 is 0. The number of hydrogen-bond acceptors (Lipinski definition) is 2. The molecule has 0 saturated carbocycles. The Morgan fingerprint density at radius 3 is 2.84 bits per heavy atom. The lowest BCUT2D eigenvalue weighted by Crippen LogP contribution is -2.37. The predicted molar refractivity (Wildman–Crippen MR) is 74.2 cm³/mol. The van der Waals surface area contributed by atoms with Gasteiger partial charge in [-0.3, -0.25) is 4.99 Å². The number of unbranched alkanes of at least 4 members (excludes halogenated alkanes) is 1. The molecular weight excluding hydrogens is 243 g/mol. The molecule has 5 heteroatoms. The molecule has 0 unspecified atom stereocenters. The summed E-state index contributed by atoms with van der Waals surface area (Å²) in [5.74, 6) is 0.311. The summed E-state index contributed by atoms with van der Waals surface area (Å²) < 4.78 is 13.6. The van der Waals surface area contributed by atoms with Crippen LogP contribution >= 0.6 is 0 Å². The molecule has 102 valence electrons. The van der Waals surface area contributed by atoms with Gasteiger partial charge in [0.25, 0.3) is 0 Å². The fourth-order valence-corrected chi connectivity index (χ4v) is 1.56. The molecule has 0 fully saturated rings. The summed E-state index contributed by atoms with van der Waals surface area (Å²) in [6.07, 6.45) is 2.15. The Kier molecular flexibility index (Phi) is 6.37. The number of guanidine groups is 1. The van der Waals surface area contributed by atoms with Gasteiger partial charge < -0.3 is 10.6 Å². The van der Waals surface area contributed by atoms with Gasteiger partial charge in [-0.2, -0.15) is 5.26 Å². The normalized spacial score (nSPS) is 10.9. The zero-order chi connectivity index (χ0) is 14.1. The van der Waals surface area contributed by atoms with Gasteiger partial charge in [0, 0.05) is 25.7 Å². The lowest BCUT2D eigenvalue weighted by atomic mass is 10.1. The van der Waals surface area contributed by atoms with E-state index >= 15 is 0 Å². The fraction of sp³-hybridized carbons (Fsp3) is 0.429. The first kappa shape index (κ1) is 15.0. The van der Waals surface area contributed by atoms with Gasteiger partial charge in [-0.1, -0.05) is 13.3 Å². The largest absolute Gasteiger partial charge is 0.356 e. The Hall–Kier alpha value is -2.09. The van der Waals surface area contributed by atoms with Crippen molar-refractivity contribution in [1.29, 1.82) is 5.26 Å². The molecule has 0 aliphatic heterocycles. The first-order chi connectivity index (χ1) is 9.21. The second kappa shape index (κ2) is 8.09. The van der Waals surface area contributed by atoms with Gasteiger partial charge >= 0.3 is 0 Å². The number of nitriles is 1. The van der Waals surface area contributed by atoms with Crippen molar-refractivity contribution in [2.75, 3.05) is 13.6 Å². The molecule has 1 rings (SSSR count). The van der Waals surface area contributed by atoms with Crippen LogP contribution in [-0.4, -0.2) is 19.6 Å². The Balaban J connectivity index is 2.58. The Morgan fingerprint density at radius 2 is 2.21 bits per heavy atom. The molecule has 1 aromatic rings. The van der Waals surface area contributed by atoms with Crippen molar-refractivity contribution >= 4 is 5.96 Å². The minimum atomic E-state index is -0.324. The van der Waals surface area contributed by atoms with Gasteiger partial charge in [-0.15, -0.1) is 0 Å². The SMILES string of the molecule is CCCCNC(=NC)NCc1cc(C#N)ccc1F. The van der Waals surface area contributed by atoms with Crippen LogP contribution in [0.15, 0.2) is 23.2 Å². The van der Waals surface area contributed by atoms with E-state index in [2.05, 4.69) is 22.5 Å². The highest BCUT2D eigenvalue weighted by Gasteiger charge is 2.04. The molecule has 0 atom stereocenters. The van der Waals surface area contributed by atoms with Gasteiger partial charge in [0.1, 0.15) is 5.82 Å². The van der Waals surface area contributed by atoms with Crippen molar-refractivity contribution in [2.45, 2.75) is 26.3 Å². The fourth-order valence-electron chi connectivity index (χ4n) is 1.56. The summed E-state index contributed by atoms with van der Waals surface area (Å²) in [6.45, 7) is 3.24. The van der Waals surface area contributed by atoms with Crippen LogP contribution in [0.4, 0.5) is 4.39 Å². The minimum absolute atomic E-state index is 0.299. The Labute approximate surface area is 113 Å². The molecule has 19 heavy (non-hydrogen) atoms. The molecule has 1 aromatic carbocycles. The standard InChI is InChI=1S/C14H19FN4/c1-3-4-7-18-14(17-2)19-10-12-8-11(9-16)5-6-13(12)15/h5-6,8H,3-4,7,10H2,1-2H3,(H2,17,18,19). The molecule has 0 amide bonds. The minimum Gasteiger partial charge on any atom is -0.356 e. The summed E-state index contributed by atoms with van der Waals surface area (Å²) in [5, 5.41) is 15.0. The molecule has 0 aromatic heterocycles. The maximum atomic E-state index is 13.6. The van der Waals surface area contributed by atoms with E-state index < -0.39 is 0 Å². The number of hydrogen-bond donors (Lipinski definition) is 2. The van der Waals surface area contributed by atoms with Crippen molar-refractivity contribution in [3.8, 4) is 6.07 Å². The molecule has 0 radical (unpaired) electrons. The van der Waals surface area contributed by atoms with Gasteiger partial charge in [0.05, 0.1) is 11.6 Å². The molecule has 2 N–H and O–H groups in total. The van der Waals surface area contributed by atoms with Crippen molar-refractivity contribution in [3.05, 3.63) is 35.1 Å². The van der Waals surface area contributed by atoms with E-state index in [1.807, 2.05) is 6.07 Å². The van der Waals surface area contributed by atoms with Crippen molar-refractivity contribution in [1.82, 2.24) is 10.6 Å². The topological polar surface area (TPSA) is 60.2 Å². The van der Waals surface area contributed by atoms with Crippen LogP contribution in [0, 0.1) is 17.1 Å². The van der Waals surface area contributed by atoms with E-state index in [0.29, 0.717) is 23.6 Å². The van der Waals surface area contributed by atoms with E-state index in [0.717, 1.165) is 19.4 Å². The number of halogens is 1. The second-order valence-corrected chi connectivity index (χ2v) is 4.12. The van der Waals surface area contributed by atoms with Crippen molar-refractivity contribution in [2.24, 2.45) is 4.99 Å². The smallest absolute Gasteiger partial charge is 0.191 e. The van der Waals surface area contributed by atoms with Crippen LogP contribution in [0.25, 0.3) is 0 Å². The molecule has 0 heterocycles. The number of benzene rings is 1. The molecule has 0 aliphatic carbocycles. The third-order valence-corrected chi connectivity index (χ3v) is 2.67. The molecule has 0 aliphatic rings. The summed E-state index contributed by atoms with van der Waals surface area (Å²) in [4.78, 5) is 4.05. The van der Waals surface area contributed by atoms with Crippen molar-refractivity contribution < 1.29 is 4.39 Å². The van der Waals surface area contributed by atoms with Crippen molar-refractivity contribution in [3.63, 3.8) is 0 Å². The molecular formula is C14H19FN4. The van der Waals surface area contributed by atoms with Crippen LogP contribution < -0.4 is 10.6 Å². The first-order valence-electron chi connectivity index (χ1n) is 6.34. The summed E-state index contributed by atoms with van der Waals surface area (Å²) in [7, 11) is 1.67. The number of aliphatic imine (C=N–C) groups is 1. The maximum Gasteiger partial charge on any atom is 0.191 e. The average molecular weight is 262 g/mol. The van der Waals surface area contributed by atoms with Gasteiger partial charge in [0.15, 0.2) is 5.96 Å². The van der Waals surface area contributed by atoms with Crippen LogP contribution in [-0.2, 0) is 6.54 Å². The number of nitrogens with zero attached hydrogens (tertiary/aromatic N) is 2. The highest BCUT2D eigenvalue weighted by Crippen LogP contribution is 2.09. The van der Waals surface area contributed by atoms with E-state index in [9.17, 15) is 4.39 Å². The van der Waals surface area contributed by atoms with Crippen LogP contribution in [0.1, 0.15) is 30.9 Å². The third-order valence-electron chi connectivity index (χ3n) is 2.67. The van der Waals surface area contributed by atoms with E-state index in [1.54, 1.807) is 13.1 Å². The number of rotatable bonds is 5. The average Bonchev–Trinajstić information content (AvgIpc) is 2.44. The number of nitrogens with one attached hydrogen (secondary N) is 2. The van der Waals surface area contributed by atoms with E-state index in [-0.39, 0.29) is 5.82 Å². The lowest BCUT2D eigenvalue weighted by molar-refractivity contribution is 0.604. The first-order valence-corrected chi connectivity index (χ1v) is 6.34. The zero-order valence-corrected chi connectivity index (χ0v) is 11.3. The van der Waals surface area contributed by atoms with Gasteiger partial charge in [-0.25, -0.2) is 4.39 Å².